The van der Waals surface area contributed by atoms with Crippen LogP contribution in [-0.2, 0) is 9.59 Å². The SMILES string of the molecule is COc1ccc(C2=NN(C(=O)CN(C)C(=O)C3CC3)[C@H](c3ccco3)C2)cc1. The first-order valence-corrected chi connectivity index (χ1v) is 9.39. The zero-order valence-corrected chi connectivity index (χ0v) is 16.0. The molecule has 2 heterocycles. The first-order chi connectivity index (χ1) is 13.6. The van der Waals surface area contributed by atoms with Gasteiger partial charge < -0.3 is 14.1 Å². The summed E-state index contributed by atoms with van der Waals surface area (Å²) >= 11 is 0. The number of likely N-dealkylation sites (N-methyl/N-ethyl adjacent to an activating group) is 1. The number of methoxy groups -OCH3 is 1. The molecular weight excluding hydrogens is 358 g/mol. The molecule has 2 amide bonds. The summed E-state index contributed by atoms with van der Waals surface area (Å²) in [5, 5.41) is 6.04. The molecule has 0 saturated heterocycles. The van der Waals surface area contributed by atoms with Crippen LogP contribution in [0.2, 0.25) is 0 Å². The van der Waals surface area contributed by atoms with E-state index in [4.69, 9.17) is 9.15 Å². The van der Waals surface area contributed by atoms with Gasteiger partial charge in [0.15, 0.2) is 0 Å². The molecule has 0 unspecified atom stereocenters. The summed E-state index contributed by atoms with van der Waals surface area (Å²) in [5.74, 6) is 1.33. The molecule has 1 aliphatic carbocycles. The Morgan fingerprint density at radius 3 is 2.61 bits per heavy atom. The predicted molar refractivity (Wildman–Crippen MR) is 103 cm³/mol. The third kappa shape index (κ3) is 3.65. The van der Waals surface area contributed by atoms with Gasteiger partial charge in [-0.05, 0) is 54.8 Å². The fourth-order valence-corrected chi connectivity index (χ4v) is 3.40. The molecule has 1 saturated carbocycles. The van der Waals surface area contributed by atoms with Crippen molar-refractivity contribution in [1.29, 1.82) is 0 Å². The number of hydrogen-bond donors (Lipinski definition) is 0. The topological polar surface area (TPSA) is 75.3 Å². The van der Waals surface area contributed by atoms with Gasteiger partial charge in [0.1, 0.15) is 24.1 Å². The minimum atomic E-state index is -0.316. The van der Waals surface area contributed by atoms with Gasteiger partial charge in [-0.3, -0.25) is 9.59 Å². The molecule has 0 spiro atoms. The van der Waals surface area contributed by atoms with Crippen molar-refractivity contribution in [3.8, 4) is 5.75 Å². The lowest BCUT2D eigenvalue weighted by atomic mass is 10.0. The van der Waals surface area contributed by atoms with Gasteiger partial charge in [0.25, 0.3) is 5.91 Å². The van der Waals surface area contributed by atoms with Crippen molar-refractivity contribution in [2.75, 3.05) is 20.7 Å². The van der Waals surface area contributed by atoms with Gasteiger partial charge in [-0.1, -0.05) is 0 Å². The smallest absolute Gasteiger partial charge is 0.262 e. The first-order valence-electron chi connectivity index (χ1n) is 9.39. The highest BCUT2D eigenvalue weighted by atomic mass is 16.5. The summed E-state index contributed by atoms with van der Waals surface area (Å²) in [7, 11) is 3.29. The molecule has 1 aromatic carbocycles. The lowest BCUT2D eigenvalue weighted by molar-refractivity contribution is -0.141. The summed E-state index contributed by atoms with van der Waals surface area (Å²) in [6.45, 7) is 0.00589. The number of nitrogens with zero attached hydrogens (tertiary/aromatic N) is 3. The van der Waals surface area contributed by atoms with Crippen molar-refractivity contribution in [3.63, 3.8) is 0 Å². The average molecular weight is 381 g/mol. The summed E-state index contributed by atoms with van der Waals surface area (Å²) in [4.78, 5) is 26.7. The molecule has 1 atom stereocenters. The van der Waals surface area contributed by atoms with Crippen molar-refractivity contribution in [2.24, 2.45) is 11.0 Å². The number of benzene rings is 1. The highest BCUT2D eigenvalue weighted by molar-refractivity contribution is 6.03. The molecule has 1 aliphatic heterocycles. The fraction of sp³-hybridized carbons (Fsp3) is 0.381. The number of carbonyl (C=O) groups is 2. The number of amides is 2. The summed E-state index contributed by atoms with van der Waals surface area (Å²) < 4.78 is 10.8. The largest absolute Gasteiger partial charge is 0.497 e. The van der Waals surface area contributed by atoms with Crippen molar-refractivity contribution < 1.29 is 18.7 Å². The van der Waals surface area contributed by atoms with E-state index in [1.165, 1.54) is 9.91 Å². The van der Waals surface area contributed by atoms with Gasteiger partial charge >= 0.3 is 0 Å². The molecule has 7 heteroatoms. The van der Waals surface area contributed by atoms with Crippen molar-refractivity contribution in [3.05, 3.63) is 54.0 Å². The number of ether oxygens (including phenoxy) is 1. The maximum absolute atomic E-state index is 12.9. The number of furan rings is 1. The number of rotatable bonds is 6. The lowest BCUT2D eigenvalue weighted by Gasteiger charge is -2.23. The van der Waals surface area contributed by atoms with Crippen LogP contribution < -0.4 is 4.74 Å². The predicted octanol–water partition coefficient (Wildman–Crippen LogP) is 2.83. The van der Waals surface area contributed by atoms with Gasteiger partial charge in [-0.25, -0.2) is 5.01 Å². The Kier molecular flexibility index (Phi) is 4.90. The average Bonchev–Trinajstić information content (AvgIpc) is 3.23. The second-order valence-electron chi connectivity index (χ2n) is 7.22. The number of carbonyl (C=O) groups excluding carboxylic acids is 2. The molecule has 7 nitrogen and oxygen atoms in total. The summed E-state index contributed by atoms with van der Waals surface area (Å²) in [6.07, 6.45) is 3.96. The van der Waals surface area contributed by atoms with Crippen molar-refractivity contribution in [1.82, 2.24) is 9.91 Å². The Hall–Kier alpha value is -3.09. The van der Waals surface area contributed by atoms with Crippen LogP contribution in [0, 0.1) is 5.92 Å². The highest BCUT2D eigenvalue weighted by Gasteiger charge is 2.37. The Labute approximate surface area is 163 Å². The van der Waals surface area contributed by atoms with E-state index in [1.54, 1.807) is 26.5 Å². The number of hydrogen-bond acceptors (Lipinski definition) is 5. The first kappa shape index (κ1) is 18.3. The van der Waals surface area contributed by atoms with Crippen LogP contribution in [0.1, 0.15) is 36.6 Å². The van der Waals surface area contributed by atoms with Crippen molar-refractivity contribution >= 4 is 17.5 Å². The minimum absolute atomic E-state index is 0.00589. The maximum atomic E-state index is 12.9. The molecule has 28 heavy (non-hydrogen) atoms. The fourth-order valence-electron chi connectivity index (χ4n) is 3.40. The van der Waals surface area contributed by atoms with E-state index in [1.807, 2.05) is 30.3 Å². The monoisotopic (exact) mass is 381 g/mol. The second-order valence-corrected chi connectivity index (χ2v) is 7.22. The van der Waals surface area contributed by atoms with Crippen LogP contribution in [0.15, 0.2) is 52.2 Å². The molecule has 146 valence electrons. The summed E-state index contributed by atoms with van der Waals surface area (Å²) in [5.41, 5.74) is 1.73. The molecule has 4 rings (SSSR count). The van der Waals surface area contributed by atoms with E-state index in [0.717, 1.165) is 29.9 Å². The van der Waals surface area contributed by atoms with E-state index in [9.17, 15) is 9.59 Å². The van der Waals surface area contributed by atoms with E-state index in [0.29, 0.717) is 12.2 Å². The quantitative estimate of drug-likeness (QED) is 0.771. The van der Waals surface area contributed by atoms with Crippen molar-refractivity contribution in [2.45, 2.75) is 25.3 Å². The Morgan fingerprint density at radius 1 is 1.25 bits per heavy atom. The van der Waals surface area contributed by atoms with Crippen LogP contribution in [0.25, 0.3) is 0 Å². The minimum Gasteiger partial charge on any atom is -0.497 e. The molecular formula is C21H23N3O4. The van der Waals surface area contributed by atoms with Gasteiger partial charge in [-0.2, -0.15) is 5.10 Å². The molecule has 0 bridgehead atoms. The number of hydrazone groups is 1. The second kappa shape index (κ2) is 7.50. The van der Waals surface area contributed by atoms with Gasteiger partial charge in [0.05, 0.1) is 19.1 Å². The molecule has 2 aromatic rings. The maximum Gasteiger partial charge on any atom is 0.262 e. The van der Waals surface area contributed by atoms with Gasteiger partial charge in [0.2, 0.25) is 5.91 Å². The standard InChI is InChI=1S/C21H23N3O4/c1-23(21(26)15-5-6-15)13-20(25)24-18(19-4-3-11-28-19)12-17(22-24)14-7-9-16(27-2)10-8-14/h3-4,7-11,15,18H,5-6,12-13H2,1-2H3/t18-/m0/s1. The van der Waals surface area contributed by atoms with E-state index in [-0.39, 0.29) is 30.3 Å². The molecule has 2 aliphatic rings. The van der Waals surface area contributed by atoms with Crippen LogP contribution >= 0.6 is 0 Å². The van der Waals surface area contributed by atoms with E-state index >= 15 is 0 Å². The van der Waals surface area contributed by atoms with Crippen LogP contribution in [0.5, 0.6) is 5.75 Å². The lowest BCUT2D eigenvalue weighted by Crippen LogP contribution is -2.39. The van der Waals surface area contributed by atoms with Crippen LogP contribution in [0.3, 0.4) is 0 Å². The normalized spacial score (nSPS) is 18.7. The molecule has 0 radical (unpaired) electrons. The van der Waals surface area contributed by atoms with E-state index < -0.39 is 0 Å². The van der Waals surface area contributed by atoms with E-state index in [2.05, 4.69) is 5.10 Å². The zero-order chi connectivity index (χ0) is 19.7. The Morgan fingerprint density at radius 2 is 2.00 bits per heavy atom. The zero-order valence-electron chi connectivity index (χ0n) is 16.0. The van der Waals surface area contributed by atoms with Gasteiger partial charge in [0, 0.05) is 19.4 Å². The Bertz CT molecular complexity index is 885. The van der Waals surface area contributed by atoms with Crippen LogP contribution in [0.4, 0.5) is 0 Å². The Balaban J connectivity index is 1.55. The molecule has 0 N–H and O–H groups in total. The van der Waals surface area contributed by atoms with Crippen LogP contribution in [-0.4, -0.2) is 48.1 Å². The summed E-state index contributed by atoms with van der Waals surface area (Å²) in [6, 6.07) is 10.9. The molecule has 1 fully saturated rings. The van der Waals surface area contributed by atoms with Gasteiger partial charge in [-0.15, -0.1) is 0 Å². The molecule has 1 aromatic heterocycles. The highest BCUT2D eigenvalue weighted by Crippen LogP contribution is 2.34. The third-order valence-electron chi connectivity index (χ3n) is 5.14. The third-order valence-corrected chi connectivity index (χ3v) is 5.14.